The molecule has 14 heavy (non-hydrogen) atoms. The molecule has 0 bridgehead atoms. The molecule has 0 saturated heterocycles. The van der Waals surface area contributed by atoms with E-state index in [2.05, 4.69) is 13.8 Å². The normalized spacial score (nSPS) is 43.4. The van der Waals surface area contributed by atoms with E-state index in [9.17, 15) is 4.79 Å². The Balaban J connectivity index is 2.09. The summed E-state index contributed by atoms with van der Waals surface area (Å²) in [6, 6.07) is 0. The van der Waals surface area contributed by atoms with E-state index in [1.54, 1.807) is 0 Å². The van der Waals surface area contributed by atoms with Crippen molar-refractivity contribution in [2.24, 2.45) is 17.3 Å². The van der Waals surface area contributed by atoms with Crippen molar-refractivity contribution in [1.82, 2.24) is 0 Å². The van der Waals surface area contributed by atoms with Crippen molar-refractivity contribution in [3.63, 3.8) is 0 Å². The van der Waals surface area contributed by atoms with Crippen LogP contribution < -0.4 is 0 Å². The van der Waals surface area contributed by atoms with Crippen LogP contribution in [0.25, 0.3) is 0 Å². The molecule has 2 saturated carbocycles. The molecule has 1 heteroatoms. The number of ketones is 1. The Morgan fingerprint density at radius 2 is 1.86 bits per heavy atom. The minimum atomic E-state index is 0.0575. The third kappa shape index (κ3) is 1.32. The Kier molecular flexibility index (Phi) is 2.68. The van der Waals surface area contributed by atoms with Crippen molar-refractivity contribution in [2.75, 3.05) is 0 Å². The number of hydrogen-bond acceptors (Lipinski definition) is 1. The van der Waals surface area contributed by atoms with Gasteiger partial charge in [-0.3, -0.25) is 4.79 Å². The summed E-state index contributed by atoms with van der Waals surface area (Å²) in [5.41, 5.74) is 0.0575. The standard InChI is InChI=1S/C13H22O/c1-3-13(2)11-9-7-5-4-6-8-10(11)12(13)14/h10-11H,3-9H2,1-2H3. The zero-order valence-electron chi connectivity index (χ0n) is 9.51. The zero-order chi connectivity index (χ0) is 10.2. The monoisotopic (exact) mass is 194 g/mol. The van der Waals surface area contributed by atoms with Crippen molar-refractivity contribution in [3.8, 4) is 0 Å². The molecule has 2 fully saturated rings. The third-order valence-corrected chi connectivity index (χ3v) is 4.72. The summed E-state index contributed by atoms with van der Waals surface area (Å²) in [4.78, 5) is 12.0. The van der Waals surface area contributed by atoms with Crippen LogP contribution in [-0.2, 0) is 4.79 Å². The number of carbonyl (C=O) groups excluding carboxylic acids is 1. The predicted octanol–water partition coefficient (Wildman–Crippen LogP) is 3.57. The van der Waals surface area contributed by atoms with Crippen LogP contribution in [0.15, 0.2) is 0 Å². The van der Waals surface area contributed by atoms with Gasteiger partial charge in [-0.05, 0) is 25.2 Å². The van der Waals surface area contributed by atoms with Gasteiger partial charge < -0.3 is 0 Å². The molecule has 3 unspecified atom stereocenters. The number of carbonyl (C=O) groups is 1. The lowest BCUT2D eigenvalue weighted by molar-refractivity contribution is -0.158. The molecule has 0 amide bonds. The van der Waals surface area contributed by atoms with Crippen LogP contribution in [0, 0.1) is 17.3 Å². The number of fused-ring (bicyclic) bond motifs is 1. The molecule has 2 aliphatic rings. The van der Waals surface area contributed by atoms with E-state index in [1.165, 1.54) is 38.5 Å². The SMILES string of the molecule is CCC1(C)C(=O)C2CCCCCCC21. The first-order valence-corrected chi connectivity index (χ1v) is 6.24. The van der Waals surface area contributed by atoms with Gasteiger partial charge in [0.25, 0.3) is 0 Å². The summed E-state index contributed by atoms with van der Waals surface area (Å²) in [6.45, 7) is 4.37. The maximum absolute atomic E-state index is 12.0. The van der Waals surface area contributed by atoms with Gasteiger partial charge >= 0.3 is 0 Å². The molecule has 0 aromatic heterocycles. The molecule has 3 atom stereocenters. The first-order chi connectivity index (χ1) is 6.70. The quantitative estimate of drug-likeness (QED) is 0.623. The van der Waals surface area contributed by atoms with Gasteiger partial charge in [-0.15, -0.1) is 0 Å². The van der Waals surface area contributed by atoms with Crippen LogP contribution in [-0.4, -0.2) is 5.78 Å². The summed E-state index contributed by atoms with van der Waals surface area (Å²) in [7, 11) is 0. The molecule has 0 aromatic carbocycles. The van der Waals surface area contributed by atoms with Gasteiger partial charge in [-0.25, -0.2) is 0 Å². The van der Waals surface area contributed by atoms with Crippen LogP contribution in [0.2, 0.25) is 0 Å². The van der Waals surface area contributed by atoms with Crippen molar-refractivity contribution in [2.45, 2.75) is 58.8 Å². The minimum absolute atomic E-state index is 0.0575. The number of hydrogen-bond donors (Lipinski definition) is 0. The fraction of sp³-hybridized carbons (Fsp3) is 0.923. The van der Waals surface area contributed by atoms with Crippen LogP contribution in [0.1, 0.15) is 58.8 Å². The molecule has 0 spiro atoms. The van der Waals surface area contributed by atoms with Gasteiger partial charge in [0.05, 0.1) is 0 Å². The lowest BCUT2D eigenvalue weighted by atomic mass is 9.49. The fourth-order valence-electron chi connectivity index (χ4n) is 3.51. The predicted molar refractivity (Wildman–Crippen MR) is 58.1 cm³/mol. The zero-order valence-corrected chi connectivity index (χ0v) is 9.51. The molecule has 0 N–H and O–H groups in total. The summed E-state index contributed by atoms with van der Waals surface area (Å²) < 4.78 is 0. The van der Waals surface area contributed by atoms with Crippen molar-refractivity contribution >= 4 is 5.78 Å². The lowest BCUT2D eigenvalue weighted by Crippen LogP contribution is -2.55. The molecule has 80 valence electrons. The highest BCUT2D eigenvalue weighted by atomic mass is 16.1. The van der Waals surface area contributed by atoms with E-state index in [0.717, 1.165) is 12.3 Å². The summed E-state index contributed by atoms with van der Waals surface area (Å²) >= 11 is 0. The van der Waals surface area contributed by atoms with Gasteiger partial charge in [-0.2, -0.15) is 0 Å². The van der Waals surface area contributed by atoms with Crippen LogP contribution in [0.3, 0.4) is 0 Å². The average molecular weight is 194 g/mol. The van der Waals surface area contributed by atoms with E-state index in [4.69, 9.17) is 0 Å². The van der Waals surface area contributed by atoms with Crippen LogP contribution >= 0.6 is 0 Å². The Morgan fingerprint density at radius 3 is 2.50 bits per heavy atom. The summed E-state index contributed by atoms with van der Waals surface area (Å²) in [6.07, 6.45) is 8.90. The second kappa shape index (κ2) is 3.67. The van der Waals surface area contributed by atoms with E-state index in [0.29, 0.717) is 11.7 Å². The van der Waals surface area contributed by atoms with Gasteiger partial charge in [0, 0.05) is 11.3 Å². The van der Waals surface area contributed by atoms with Gasteiger partial charge in [0.15, 0.2) is 0 Å². The maximum Gasteiger partial charge on any atom is 0.142 e. The largest absolute Gasteiger partial charge is 0.299 e. The third-order valence-electron chi connectivity index (χ3n) is 4.72. The van der Waals surface area contributed by atoms with Crippen molar-refractivity contribution in [1.29, 1.82) is 0 Å². The fourth-order valence-corrected chi connectivity index (χ4v) is 3.51. The highest BCUT2D eigenvalue weighted by Gasteiger charge is 2.56. The summed E-state index contributed by atoms with van der Waals surface area (Å²) in [5, 5.41) is 0. The van der Waals surface area contributed by atoms with E-state index < -0.39 is 0 Å². The highest BCUT2D eigenvalue weighted by Crippen LogP contribution is 2.54. The molecule has 1 nitrogen and oxygen atoms in total. The Bertz CT molecular complexity index is 233. The molecular formula is C13H22O. The van der Waals surface area contributed by atoms with E-state index in [-0.39, 0.29) is 5.41 Å². The molecule has 0 aromatic rings. The Hall–Kier alpha value is -0.330. The smallest absolute Gasteiger partial charge is 0.142 e. The Labute approximate surface area is 87.3 Å². The number of Topliss-reactive ketones (excluding diaryl/α,β-unsaturated/α-hetero) is 1. The van der Waals surface area contributed by atoms with E-state index in [1.807, 2.05) is 0 Å². The lowest BCUT2D eigenvalue weighted by Gasteiger charge is -2.52. The first kappa shape index (κ1) is 10.2. The second-order valence-electron chi connectivity index (χ2n) is 5.34. The van der Waals surface area contributed by atoms with Crippen LogP contribution in [0.5, 0.6) is 0 Å². The number of rotatable bonds is 1. The van der Waals surface area contributed by atoms with Crippen molar-refractivity contribution < 1.29 is 4.79 Å². The highest BCUT2D eigenvalue weighted by molar-refractivity contribution is 5.93. The average Bonchev–Trinajstić information content (AvgIpc) is 2.16. The van der Waals surface area contributed by atoms with E-state index >= 15 is 0 Å². The molecule has 0 aliphatic heterocycles. The second-order valence-corrected chi connectivity index (χ2v) is 5.34. The molecule has 0 heterocycles. The summed E-state index contributed by atoms with van der Waals surface area (Å²) in [5.74, 6) is 1.74. The molecule has 2 rings (SSSR count). The topological polar surface area (TPSA) is 17.1 Å². The molecule has 2 aliphatic carbocycles. The van der Waals surface area contributed by atoms with Crippen molar-refractivity contribution in [3.05, 3.63) is 0 Å². The minimum Gasteiger partial charge on any atom is -0.299 e. The molecule has 0 radical (unpaired) electrons. The molecular weight excluding hydrogens is 172 g/mol. The van der Waals surface area contributed by atoms with Gasteiger partial charge in [0.2, 0.25) is 0 Å². The van der Waals surface area contributed by atoms with Crippen LogP contribution in [0.4, 0.5) is 0 Å². The first-order valence-electron chi connectivity index (χ1n) is 6.24. The Morgan fingerprint density at radius 1 is 1.21 bits per heavy atom. The maximum atomic E-state index is 12.0. The van der Waals surface area contributed by atoms with Gasteiger partial charge in [-0.1, -0.05) is 39.5 Å². The van der Waals surface area contributed by atoms with Gasteiger partial charge in [0.1, 0.15) is 5.78 Å².